The van der Waals surface area contributed by atoms with Crippen molar-refractivity contribution in [1.82, 2.24) is 0 Å². The third kappa shape index (κ3) is 3.80. The number of aliphatic hydroxyl groups excluding tert-OH is 1. The number of hydrogen-bond donors (Lipinski definition) is 1. The average Bonchev–Trinajstić information content (AvgIpc) is 3.31. The van der Waals surface area contributed by atoms with Gasteiger partial charge in [-0.05, 0) is 145 Å². The summed E-state index contributed by atoms with van der Waals surface area (Å²) in [4.78, 5) is 10.8. The molecule has 41 heavy (non-hydrogen) atoms. The Hall–Kier alpha value is -1.94. The molecule has 0 saturated heterocycles. The fourth-order valence-electron chi connectivity index (χ4n) is 12.5. The number of aliphatic hydroxyl groups is 1. The highest BCUT2D eigenvalue weighted by atomic mass is 19.1. The molecule has 6 rings (SSSR count). The van der Waals surface area contributed by atoms with Crippen LogP contribution in [0.3, 0.4) is 0 Å². The van der Waals surface area contributed by atoms with Gasteiger partial charge in [0.15, 0.2) is 11.6 Å². The van der Waals surface area contributed by atoms with Gasteiger partial charge in [-0.25, -0.2) is 4.39 Å². The van der Waals surface area contributed by atoms with Crippen LogP contribution in [0.15, 0.2) is 36.4 Å². The zero-order chi connectivity index (χ0) is 29.6. The molecular weight excluding hydrogens is 511 g/mol. The van der Waals surface area contributed by atoms with Gasteiger partial charge in [-0.3, -0.25) is 4.79 Å². The maximum atomic E-state index is 14.8. The summed E-state index contributed by atoms with van der Waals surface area (Å²) in [5.41, 5.74) is 4.14. The molecule has 0 heterocycles. The van der Waals surface area contributed by atoms with Crippen molar-refractivity contribution in [2.24, 2.45) is 56.7 Å². The topological polar surface area (TPSA) is 46.5 Å². The quantitative estimate of drug-likeness (QED) is 0.288. The maximum Gasteiger partial charge on any atom is 0.298 e. The van der Waals surface area contributed by atoms with Crippen LogP contribution in [0.2, 0.25) is 0 Å². The van der Waals surface area contributed by atoms with Crippen molar-refractivity contribution in [3.8, 4) is 5.75 Å². The van der Waals surface area contributed by atoms with Gasteiger partial charge in [0.25, 0.3) is 6.47 Å². The molecule has 0 aliphatic heterocycles. The lowest BCUT2D eigenvalue weighted by molar-refractivity contribution is -0.228. The number of fused-ring (bicyclic) bond motifs is 7. The number of halogens is 1. The Morgan fingerprint density at radius 3 is 2.44 bits per heavy atom. The Morgan fingerprint density at radius 2 is 1.78 bits per heavy atom. The molecule has 0 aromatic heterocycles. The molecule has 0 amide bonds. The number of hydrogen-bond acceptors (Lipinski definition) is 3. The van der Waals surface area contributed by atoms with E-state index in [4.69, 9.17) is 4.74 Å². The highest BCUT2D eigenvalue weighted by molar-refractivity contribution is 5.72. The molecule has 5 aliphatic carbocycles. The van der Waals surface area contributed by atoms with Crippen molar-refractivity contribution in [3.05, 3.63) is 47.8 Å². The fourth-order valence-corrected chi connectivity index (χ4v) is 12.5. The van der Waals surface area contributed by atoms with Gasteiger partial charge in [0.05, 0.1) is 0 Å². The van der Waals surface area contributed by atoms with E-state index in [1.165, 1.54) is 49.7 Å². The third-order valence-corrected chi connectivity index (χ3v) is 14.5. The number of ether oxygens (including phenoxy) is 1. The first-order chi connectivity index (χ1) is 19.3. The molecule has 0 bridgehead atoms. The van der Waals surface area contributed by atoms with Crippen molar-refractivity contribution in [3.63, 3.8) is 0 Å². The zero-order valence-corrected chi connectivity index (χ0v) is 26.2. The van der Waals surface area contributed by atoms with Gasteiger partial charge in [-0.15, -0.1) is 0 Å². The molecule has 5 aliphatic rings. The predicted octanol–water partition coefficient (Wildman–Crippen LogP) is 9.00. The second kappa shape index (κ2) is 9.53. The normalized spacial score (nSPS) is 44.5. The first-order valence-corrected chi connectivity index (χ1v) is 16.2. The fraction of sp³-hybridized carbons (Fsp3) is 0.703. The second-order valence-electron chi connectivity index (χ2n) is 16.1. The molecule has 3 nitrogen and oxygen atoms in total. The largest absolute Gasteiger partial charge is 0.426 e. The van der Waals surface area contributed by atoms with E-state index < -0.39 is 5.82 Å². The van der Waals surface area contributed by atoms with Crippen molar-refractivity contribution < 1.29 is 19.0 Å². The van der Waals surface area contributed by atoms with E-state index >= 15 is 0 Å². The van der Waals surface area contributed by atoms with Crippen LogP contribution in [0.4, 0.5) is 4.39 Å². The average molecular weight is 563 g/mol. The van der Waals surface area contributed by atoms with Crippen molar-refractivity contribution in [2.45, 2.75) is 99.3 Å². The van der Waals surface area contributed by atoms with E-state index in [2.05, 4.69) is 54.2 Å². The second-order valence-corrected chi connectivity index (χ2v) is 16.1. The van der Waals surface area contributed by atoms with Crippen LogP contribution in [0.5, 0.6) is 5.75 Å². The first kappa shape index (κ1) is 29.1. The molecule has 4 fully saturated rings. The van der Waals surface area contributed by atoms with Gasteiger partial charge in [-0.1, -0.05) is 58.9 Å². The lowest BCUT2D eigenvalue weighted by Crippen LogP contribution is -2.65. The third-order valence-electron chi connectivity index (χ3n) is 14.5. The van der Waals surface area contributed by atoms with E-state index in [1.807, 2.05) is 6.07 Å². The summed E-state index contributed by atoms with van der Waals surface area (Å²) in [6.45, 7) is 19.9. The minimum atomic E-state index is -0.488. The van der Waals surface area contributed by atoms with Crippen molar-refractivity contribution in [2.75, 3.05) is 6.61 Å². The summed E-state index contributed by atoms with van der Waals surface area (Å²) in [5.74, 6) is 2.39. The van der Waals surface area contributed by atoms with E-state index in [-0.39, 0.29) is 39.3 Å². The molecule has 224 valence electrons. The Kier molecular flexibility index (Phi) is 6.77. The lowest BCUT2D eigenvalue weighted by atomic mass is 9.32. The van der Waals surface area contributed by atoms with E-state index in [1.54, 1.807) is 12.1 Å². The molecule has 4 saturated carbocycles. The van der Waals surface area contributed by atoms with Crippen LogP contribution in [0.25, 0.3) is 5.57 Å². The zero-order valence-electron chi connectivity index (χ0n) is 26.2. The molecule has 0 spiro atoms. The molecule has 4 heteroatoms. The minimum absolute atomic E-state index is 0.0184. The summed E-state index contributed by atoms with van der Waals surface area (Å²) in [6.07, 6.45) is 13.1. The van der Waals surface area contributed by atoms with Gasteiger partial charge in [-0.2, -0.15) is 0 Å². The standard InChI is InChI=1S/C37H51FO3/c1-23(2)25-12-17-37(21-39)19-18-35(6)27(32(25)37)9-11-31-34(5)15-13-26(24-8-10-29(41-22-40)28(38)20-24)33(3,4)30(34)14-16-36(31,35)7/h8,10,13,20,22,25,27,30-32,39H,1,9,11-12,14-19,21H2,2-7H3/t25-,27+,30-,31+,32+,34-,35+,36+,37+/m0/s1. The molecule has 0 unspecified atom stereocenters. The Bertz CT molecular complexity index is 1280. The van der Waals surface area contributed by atoms with Crippen LogP contribution >= 0.6 is 0 Å². The summed E-state index contributed by atoms with van der Waals surface area (Å²) >= 11 is 0. The molecule has 9 atom stereocenters. The molecule has 0 radical (unpaired) electrons. The molecule has 1 N–H and O–H groups in total. The highest BCUT2D eigenvalue weighted by Gasteiger charge is 2.70. The SMILES string of the molecule is C=C(C)[C@@H]1CC[C@]2(CO)CC[C@]3(C)[C@H](CC[C@@H]4[C@@]5(C)CC=C(c6ccc(OC=O)c(F)c6)C(C)(C)[C@@H]5CC[C@]43C)[C@@H]12. The smallest absolute Gasteiger partial charge is 0.298 e. The van der Waals surface area contributed by atoms with Crippen molar-refractivity contribution >= 4 is 12.0 Å². The summed E-state index contributed by atoms with van der Waals surface area (Å²) < 4.78 is 19.6. The maximum absolute atomic E-state index is 14.8. The van der Waals surface area contributed by atoms with Crippen molar-refractivity contribution in [1.29, 1.82) is 0 Å². The number of benzene rings is 1. The van der Waals surface area contributed by atoms with Gasteiger partial charge >= 0.3 is 0 Å². The summed E-state index contributed by atoms with van der Waals surface area (Å²) in [5, 5.41) is 10.8. The molecular formula is C37H51FO3. The highest BCUT2D eigenvalue weighted by Crippen LogP contribution is 2.77. The minimum Gasteiger partial charge on any atom is -0.426 e. The Balaban J connectivity index is 1.36. The lowest BCUT2D eigenvalue weighted by Gasteiger charge is -2.72. The van der Waals surface area contributed by atoms with Gasteiger partial charge in [0, 0.05) is 6.61 Å². The van der Waals surface area contributed by atoms with Gasteiger partial charge in [0.1, 0.15) is 0 Å². The van der Waals surface area contributed by atoms with E-state index in [0.717, 1.165) is 24.8 Å². The van der Waals surface area contributed by atoms with Crippen LogP contribution in [-0.2, 0) is 4.79 Å². The van der Waals surface area contributed by atoms with E-state index in [9.17, 15) is 14.3 Å². The van der Waals surface area contributed by atoms with E-state index in [0.29, 0.717) is 36.2 Å². The van der Waals surface area contributed by atoms with Crippen LogP contribution in [0.1, 0.15) is 105 Å². The first-order valence-electron chi connectivity index (χ1n) is 16.2. The molecule has 1 aromatic carbocycles. The van der Waals surface area contributed by atoms with Gasteiger partial charge < -0.3 is 9.84 Å². The Morgan fingerprint density at radius 1 is 1.02 bits per heavy atom. The summed E-state index contributed by atoms with van der Waals surface area (Å²) in [6, 6.07) is 5.04. The van der Waals surface area contributed by atoms with Gasteiger partial charge in [0.2, 0.25) is 0 Å². The number of allylic oxidation sites excluding steroid dienone is 3. The summed E-state index contributed by atoms with van der Waals surface area (Å²) in [7, 11) is 0. The number of carbonyl (C=O) groups excluding carboxylic acids is 1. The predicted molar refractivity (Wildman–Crippen MR) is 163 cm³/mol. The van der Waals surface area contributed by atoms with Crippen LogP contribution < -0.4 is 4.74 Å². The number of carbonyl (C=O) groups is 1. The molecule has 1 aromatic rings. The Labute approximate surface area is 247 Å². The van der Waals surface area contributed by atoms with Crippen LogP contribution in [-0.4, -0.2) is 18.2 Å². The number of rotatable bonds is 5. The van der Waals surface area contributed by atoms with Crippen LogP contribution in [0, 0.1) is 62.5 Å². The monoisotopic (exact) mass is 562 g/mol.